The molecule has 3 heterocycles. The number of amides is 1. The molecule has 134 valence electrons. The minimum atomic E-state index is -0.432. The Balaban J connectivity index is 1.65. The van der Waals surface area contributed by atoms with E-state index >= 15 is 0 Å². The number of rotatable bonds is 3. The van der Waals surface area contributed by atoms with Crippen molar-refractivity contribution in [3.8, 4) is 0 Å². The number of nitrogens with zero attached hydrogens (tertiary/aromatic N) is 5. The molecule has 2 aliphatic heterocycles. The first kappa shape index (κ1) is 17.2. The standard InChI is InChI=1S/C19H16N6OS/c1-24(2)14-7-5-12(6-8-14)10-15-16(20)25-19(22-17(15)26)27-18(23-25)13-4-3-9-21-11-13/h3-11,20H,1-2H3/b15-10-,20-16?. The third kappa shape index (κ3) is 3.26. The topological polar surface area (TPSA) is 85.0 Å². The number of amidine groups is 2. The molecule has 0 aliphatic carbocycles. The van der Waals surface area contributed by atoms with E-state index in [1.165, 1.54) is 16.8 Å². The number of hydrogen-bond acceptors (Lipinski definition) is 6. The van der Waals surface area contributed by atoms with E-state index in [2.05, 4.69) is 15.1 Å². The Morgan fingerprint density at radius 1 is 1.19 bits per heavy atom. The number of nitrogens with one attached hydrogen (secondary N) is 1. The van der Waals surface area contributed by atoms with Crippen molar-refractivity contribution in [1.82, 2.24) is 9.99 Å². The molecular formula is C19H16N6OS. The summed E-state index contributed by atoms with van der Waals surface area (Å²) in [5.41, 5.74) is 2.93. The fourth-order valence-corrected chi connectivity index (χ4v) is 3.51. The lowest BCUT2D eigenvalue weighted by molar-refractivity contribution is -0.114. The molecule has 8 heteroatoms. The molecular weight excluding hydrogens is 360 g/mol. The Hall–Kier alpha value is -3.26. The van der Waals surface area contributed by atoms with Crippen LogP contribution in [-0.2, 0) is 4.79 Å². The zero-order chi connectivity index (χ0) is 19.0. The Kier molecular flexibility index (Phi) is 4.33. The van der Waals surface area contributed by atoms with Crippen molar-refractivity contribution in [1.29, 1.82) is 5.41 Å². The summed E-state index contributed by atoms with van der Waals surface area (Å²) in [5.74, 6) is -0.411. The zero-order valence-electron chi connectivity index (χ0n) is 14.7. The normalized spacial score (nSPS) is 17.7. The summed E-state index contributed by atoms with van der Waals surface area (Å²) < 4.78 is 0. The monoisotopic (exact) mass is 376 g/mol. The summed E-state index contributed by atoms with van der Waals surface area (Å²) in [4.78, 5) is 22.7. The number of carbonyl (C=O) groups is 1. The van der Waals surface area contributed by atoms with Crippen molar-refractivity contribution in [2.24, 2.45) is 10.1 Å². The van der Waals surface area contributed by atoms with Gasteiger partial charge in [-0.3, -0.25) is 15.2 Å². The molecule has 0 spiro atoms. The number of hydrazone groups is 1. The minimum absolute atomic E-state index is 0.0214. The average Bonchev–Trinajstić information content (AvgIpc) is 3.10. The van der Waals surface area contributed by atoms with Crippen molar-refractivity contribution in [2.75, 3.05) is 19.0 Å². The van der Waals surface area contributed by atoms with Gasteiger partial charge in [-0.05, 0) is 47.7 Å². The van der Waals surface area contributed by atoms with Gasteiger partial charge in [-0.15, -0.1) is 0 Å². The van der Waals surface area contributed by atoms with Gasteiger partial charge in [0.15, 0.2) is 5.84 Å². The van der Waals surface area contributed by atoms with E-state index in [-0.39, 0.29) is 11.4 Å². The largest absolute Gasteiger partial charge is 0.378 e. The fourth-order valence-electron chi connectivity index (χ4n) is 2.63. The molecule has 1 amide bonds. The van der Waals surface area contributed by atoms with Crippen LogP contribution in [0.5, 0.6) is 0 Å². The van der Waals surface area contributed by atoms with E-state index < -0.39 is 5.91 Å². The van der Waals surface area contributed by atoms with Crippen LogP contribution in [0.2, 0.25) is 0 Å². The first-order chi connectivity index (χ1) is 13.0. The van der Waals surface area contributed by atoms with Crippen LogP contribution in [0.1, 0.15) is 11.1 Å². The molecule has 4 rings (SSSR count). The van der Waals surface area contributed by atoms with E-state index in [1.54, 1.807) is 18.5 Å². The second-order valence-corrected chi connectivity index (χ2v) is 7.11. The van der Waals surface area contributed by atoms with E-state index in [1.807, 2.05) is 55.4 Å². The van der Waals surface area contributed by atoms with Gasteiger partial charge in [0.2, 0.25) is 5.17 Å². The summed E-state index contributed by atoms with van der Waals surface area (Å²) in [7, 11) is 3.93. The van der Waals surface area contributed by atoms with Gasteiger partial charge in [-0.2, -0.15) is 15.1 Å². The Morgan fingerprint density at radius 2 is 1.96 bits per heavy atom. The Labute approximate surface area is 160 Å². The molecule has 0 fully saturated rings. The van der Waals surface area contributed by atoms with Crippen LogP contribution >= 0.6 is 11.8 Å². The molecule has 0 saturated heterocycles. The van der Waals surface area contributed by atoms with Gasteiger partial charge in [-0.25, -0.2) is 0 Å². The van der Waals surface area contributed by atoms with E-state index in [0.29, 0.717) is 10.2 Å². The third-order valence-electron chi connectivity index (χ3n) is 4.08. The van der Waals surface area contributed by atoms with Crippen LogP contribution in [0.4, 0.5) is 5.69 Å². The summed E-state index contributed by atoms with van der Waals surface area (Å²) in [6.45, 7) is 0. The molecule has 0 radical (unpaired) electrons. The quantitative estimate of drug-likeness (QED) is 0.833. The molecule has 0 atom stereocenters. The third-order valence-corrected chi connectivity index (χ3v) is 5.04. The highest BCUT2D eigenvalue weighted by Crippen LogP contribution is 2.30. The molecule has 2 aromatic rings. The van der Waals surface area contributed by atoms with Crippen LogP contribution in [0.3, 0.4) is 0 Å². The first-order valence-corrected chi connectivity index (χ1v) is 9.02. The molecule has 0 unspecified atom stereocenters. The maximum absolute atomic E-state index is 12.5. The van der Waals surface area contributed by atoms with Gasteiger partial charge in [0.1, 0.15) is 5.04 Å². The smallest absolute Gasteiger partial charge is 0.283 e. The minimum Gasteiger partial charge on any atom is -0.378 e. The molecule has 1 aromatic carbocycles. The van der Waals surface area contributed by atoms with Crippen molar-refractivity contribution >= 4 is 45.5 Å². The van der Waals surface area contributed by atoms with Crippen molar-refractivity contribution in [3.05, 3.63) is 65.5 Å². The van der Waals surface area contributed by atoms with Gasteiger partial charge < -0.3 is 4.90 Å². The van der Waals surface area contributed by atoms with E-state index in [0.717, 1.165) is 16.8 Å². The zero-order valence-corrected chi connectivity index (χ0v) is 15.6. The number of pyridine rings is 1. The van der Waals surface area contributed by atoms with Gasteiger partial charge in [0.25, 0.3) is 5.91 Å². The van der Waals surface area contributed by atoms with Crippen molar-refractivity contribution in [2.45, 2.75) is 0 Å². The number of anilines is 1. The highest BCUT2D eigenvalue weighted by Gasteiger charge is 2.36. The van der Waals surface area contributed by atoms with E-state index in [9.17, 15) is 4.79 Å². The molecule has 0 saturated carbocycles. The lowest BCUT2D eigenvalue weighted by Crippen LogP contribution is -2.35. The van der Waals surface area contributed by atoms with Crippen molar-refractivity contribution in [3.63, 3.8) is 0 Å². The molecule has 1 aromatic heterocycles. The second-order valence-electron chi connectivity index (χ2n) is 6.15. The van der Waals surface area contributed by atoms with Crippen LogP contribution in [0.15, 0.2) is 64.5 Å². The predicted octanol–water partition coefficient (Wildman–Crippen LogP) is 2.82. The first-order valence-electron chi connectivity index (χ1n) is 8.21. The Bertz CT molecular complexity index is 1010. The summed E-state index contributed by atoms with van der Waals surface area (Å²) in [6, 6.07) is 11.4. The lowest BCUT2D eigenvalue weighted by Gasteiger charge is -2.20. The maximum atomic E-state index is 12.5. The Morgan fingerprint density at radius 3 is 2.63 bits per heavy atom. The highest BCUT2D eigenvalue weighted by molar-refractivity contribution is 8.27. The number of aromatic nitrogens is 1. The molecule has 7 nitrogen and oxygen atoms in total. The van der Waals surface area contributed by atoms with Crippen LogP contribution in [0, 0.1) is 5.41 Å². The number of thioether (sulfide) groups is 1. The van der Waals surface area contributed by atoms with Gasteiger partial charge in [0, 0.05) is 37.7 Å². The summed E-state index contributed by atoms with van der Waals surface area (Å²) >= 11 is 1.26. The number of hydrogen-bond donors (Lipinski definition) is 1. The van der Waals surface area contributed by atoms with Gasteiger partial charge >= 0.3 is 0 Å². The van der Waals surface area contributed by atoms with Crippen LogP contribution < -0.4 is 4.90 Å². The molecule has 1 N–H and O–H groups in total. The number of carbonyl (C=O) groups excluding carboxylic acids is 1. The summed E-state index contributed by atoms with van der Waals surface area (Å²) in [5, 5.41) is 15.3. The summed E-state index contributed by atoms with van der Waals surface area (Å²) in [6.07, 6.45) is 5.05. The number of benzene rings is 1. The molecule has 27 heavy (non-hydrogen) atoms. The second kappa shape index (κ2) is 6.81. The predicted molar refractivity (Wildman–Crippen MR) is 109 cm³/mol. The SMILES string of the molecule is CN(C)c1ccc(/C=C2/C(=N)N3N=C(c4cccnc4)SC3=NC2=O)cc1. The van der Waals surface area contributed by atoms with Crippen LogP contribution in [-0.4, -0.2) is 46.0 Å². The fraction of sp³-hybridized carbons (Fsp3) is 0.105. The van der Waals surface area contributed by atoms with Crippen molar-refractivity contribution < 1.29 is 4.79 Å². The van der Waals surface area contributed by atoms with E-state index in [4.69, 9.17) is 5.41 Å². The van der Waals surface area contributed by atoms with Gasteiger partial charge in [0.05, 0.1) is 5.57 Å². The molecule has 0 bridgehead atoms. The van der Waals surface area contributed by atoms with Gasteiger partial charge in [-0.1, -0.05) is 12.1 Å². The maximum Gasteiger partial charge on any atom is 0.283 e. The van der Waals surface area contributed by atoms with Crippen LogP contribution in [0.25, 0.3) is 6.08 Å². The number of fused-ring (bicyclic) bond motifs is 1. The highest BCUT2D eigenvalue weighted by atomic mass is 32.2. The number of aliphatic imine (C=N–C) groups is 1. The average molecular weight is 376 g/mol. The molecule has 2 aliphatic rings. The lowest BCUT2D eigenvalue weighted by atomic mass is 10.1.